The smallest absolute Gasteiger partial charge is 0.253 e. The molecule has 7 heteroatoms. The first kappa shape index (κ1) is 28.2. The molecule has 2 heterocycles. The van der Waals surface area contributed by atoms with E-state index in [0.29, 0.717) is 50.7 Å². The van der Waals surface area contributed by atoms with Gasteiger partial charge in [0.1, 0.15) is 18.0 Å². The lowest BCUT2D eigenvalue weighted by Gasteiger charge is -2.28. The van der Waals surface area contributed by atoms with Crippen LogP contribution in [0.25, 0.3) is 10.8 Å². The maximum absolute atomic E-state index is 13.4. The van der Waals surface area contributed by atoms with Crippen LogP contribution in [0.15, 0.2) is 78.1 Å². The van der Waals surface area contributed by atoms with Crippen molar-refractivity contribution < 1.29 is 4.79 Å². The van der Waals surface area contributed by atoms with Gasteiger partial charge < -0.3 is 14.7 Å². The van der Waals surface area contributed by atoms with Gasteiger partial charge >= 0.3 is 0 Å². The van der Waals surface area contributed by atoms with E-state index in [9.17, 15) is 15.3 Å². The molecule has 0 radical (unpaired) electrons. The van der Waals surface area contributed by atoms with E-state index < -0.39 is 0 Å². The number of hydrogen-bond acceptors (Lipinski definition) is 6. The van der Waals surface area contributed by atoms with Gasteiger partial charge in [0.25, 0.3) is 5.91 Å². The lowest BCUT2D eigenvalue weighted by atomic mass is 10.0. The van der Waals surface area contributed by atoms with Crippen LogP contribution in [0.5, 0.6) is 0 Å². The summed E-state index contributed by atoms with van der Waals surface area (Å²) in [6.07, 6.45) is 3.85. The molecule has 1 amide bonds. The Labute approximate surface area is 243 Å². The van der Waals surface area contributed by atoms with E-state index in [4.69, 9.17) is 0 Å². The van der Waals surface area contributed by atoms with E-state index in [2.05, 4.69) is 69.3 Å². The highest BCUT2D eigenvalue weighted by molar-refractivity contribution is 5.94. The van der Waals surface area contributed by atoms with Crippen LogP contribution in [0, 0.1) is 22.7 Å². The molecule has 0 bridgehead atoms. The van der Waals surface area contributed by atoms with E-state index in [0.717, 1.165) is 25.2 Å². The molecular formula is C34H38N6O. The standard InChI is InChI=1S/C34H38N6O/c1-2-38(34(41)29-15-13-27(14-16-29)25-37-17-6-3-7-18-37)19-20-39-21-22-40(33(39)31(23-35)24-36)26-30-11-8-10-28-9-4-5-12-32(28)30/h4-5,8-16H,2-3,6-7,17-22,25-26H2,1H3. The lowest BCUT2D eigenvalue weighted by molar-refractivity contribution is 0.0752. The van der Waals surface area contributed by atoms with Gasteiger partial charge in [0.05, 0.1) is 0 Å². The number of piperidine rings is 1. The Balaban J connectivity index is 1.26. The number of amides is 1. The van der Waals surface area contributed by atoms with Gasteiger partial charge in [0.2, 0.25) is 0 Å². The fraction of sp³-hybridized carbons (Fsp3) is 0.382. The van der Waals surface area contributed by atoms with Crippen molar-refractivity contribution in [1.82, 2.24) is 19.6 Å². The molecule has 2 fully saturated rings. The van der Waals surface area contributed by atoms with Crippen LogP contribution >= 0.6 is 0 Å². The summed E-state index contributed by atoms with van der Waals surface area (Å²) in [5, 5.41) is 21.9. The van der Waals surface area contributed by atoms with Gasteiger partial charge in [0.15, 0.2) is 5.57 Å². The summed E-state index contributed by atoms with van der Waals surface area (Å²) in [6.45, 7) is 8.91. The summed E-state index contributed by atoms with van der Waals surface area (Å²) >= 11 is 0. The molecule has 7 nitrogen and oxygen atoms in total. The second kappa shape index (κ2) is 13.4. The molecule has 0 aromatic heterocycles. The Kier molecular flexibility index (Phi) is 9.19. The largest absolute Gasteiger partial charge is 0.353 e. The molecule has 41 heavy (non-hydrogen) atoms. The number of carbonyl (C=O) groups excluding carboxylic acids is 1. The van der Waals surface area contributed by atoms with Gasteiger partial charge in [-0.25, -0.2) is 0 Å². The number of likely N-dealkylation sites (tertiary alicyclic amines) is 1. The summed E-state index contributed by atoms with van der Waals surface area (Å²) in [7, 11) is 0. The Morgan fingerprint density at radius 2 is 1.54 bits per heavy atom. The number of rotatable bonds is 9. The molecule has 0 unspecified atom stereocenters. The van der Waals surface area contributed by atoms with Crippen LogP contribution in [0.4, 0.5) is 0 Å². The molecule has 0 N–H and O–H groups in total. The van der Waals surface area contributed by atoms with Crippen molar-refractivity contribution in [3.63, 3.8) is 0 Å². The first-order valence-electron chi connectivity index (χ1n) is 14.7. The third-order valence-corrected chi connectivity index (χ3v) is 8.29. The molecule has 0 atom stereocenters. The van der Waals surface area contributed by atoms with Crippen molar-refractivity contribution >= 4 is 16.7 Å². The first-order valence-corrected chi connectivity index (χ1v) is 14.7. The van der Waals surface area contributed by atoms with Crippen molar-refractivity contribution in [1.29, 1.82) is 10.5 Å². The van der Waals surface area contributed by atoms with Crippen LogP contribution in [-0.4, -0.2) is 71.3 Å². The number of allylic oxidation sites excluding steroid dienone is 1. The quantitative estimate of drug-likeness (QED) is 0.336. The van der Waals surface area contributed by atoms with Crippen LogP contribution in [0.2, 0.25) is 0 Å². The Morgan fingerprint density at radius 3 is 2.27 bits per heavy atom. The number of fused-ring (bicyclic) bond motifs is 1. The predicted octanol–water partition coefficient (Wildman–Crippen LogP) is 5.36. The zero-order valence-corrected chi connectivity index (χ0v) is 23.9. The van der Waals surface area contributed by atoms with E-state index in [1.165, 1.54) is 35.6 Å². The van der Waals surface area contributed by atoms with Crippen molar-refractivity contribution in [2.45, 2.75) is 39.3 Å². The molecular weight excluding hydrogens is 508 g/mol. The van der Waals surface area contributed by atoms with E-state index in [-0.39, 0.29) is 11.5 Å². The third-order valence-electron chi connectivity index (χ3n) is 8.29. The molecule has 0 aliphatic carbocycles. The van der Waals surface area contributed by atoms with E-state index in [1.54, 1.807) is 0 Å². The minimum Gasteiger partial charge on any atom is -0.353 e. The Bertz CT molecular complexity index is 1450. The van der Waals surface area contributed by atoms with E-state index in [1.807, 2.05) is 36.1 Å². The topological polar surface area (TPSA) is 77.6 Å². The monoisotopic (exact) mass is 546 g/mol. The lowest BCUT2D eigenvalue weighted by Crippen LogP contribution is -2.38. The fourth-order valence-electron chi connectivity index (χ4n) is 6.06. The molecule has 2 saturated heterocycles. The van der Waals surface area contributed by atoms with Crippen molar-refractivity contribution in [3.05, 3.63) is 94.8 Å². The summed E-state index contributed by atoms with van der Waals surface area (Å²) in [5.41, 5.74) is 3.21. The van der Waals surface area contributed by atoms with Crippen LogP contribution in [-0.2, 0) is 13.1 Å². The first-order chi connectivity index (χ1) is 20.1. The predicted molar refractivity (Wildman–Crippen MR) is 161 cm³/mol. The van der Waals surface area contributed by atoms with Gasteiger partial charge in [-0.1, -0.05) is 61.0 Å². The third kappa shape index (κ3) is 6.53. The molecule has 0 spiro atoms. The summed E-state index contributed by atoms with van der Waals surface area (Å²) < 4.78 is 0. The highest BCUT2D eigenvalue weighted by Crippen LogP contribution is 2.27. The summed E-state index contributed by atoms with van der Waals surface area (Å²) in [6, 6.07) is 26.8. The average molecular weight is 547 g/mol. The van der Waals surface area contributed by atoms with Gasteiger partial charge in [-0.05, 0) is 66.9 Å². The molecule has 0 saturated carbocycles. The second-order valence-electron chi connectivity index (χ2n) is 10.9. The average Bonchev–Trinajstić information content (AvgIpc) is 3.41. The molecule has 3 aromatic rings. The Morgan fingerprint density at radius 1 is 0.829 bits per heavy atom. The number of benzene rings is 3. The maximum Gasteiger partial charge on any atom is 0.253 e. The molecule has 2 aliphatic rings. The van der Waals surface area contributed by atoms with Crippen LogP contribution in [0.3, 0.4) is 0 Å². The molecule has 3 aromatic carbocycles. The van der Waals surface area contributed by atoms with Crippen LogP contribution in [0.1, 0.15) is 47.7 Å². The van der Waals surface area contributed by atoms with Crippen molar-refractivity contribution in [2.75, 3.05) is 45.8 Å². The zero-order valence-electron chi connectivity index (χ0n) is 23.9. The minimum atomic E-state index is 0.00940. The SMILES string of the molecule is CCN(CCN1CCN(Cc2cccc3ccccc23)C1=C(C#N)C#N)C(=O)c1ccc(CN2CCCCC2)cc1. The zero-order chi connectivity index (χ0) is 28.6. The molecule has 2 aliphatic heterocycles. The van der Waals surface area contributed by atoms with Gasteiger partial charge in [-0.15, -0.1) is 0 Å². The van der Waals surface area contributed by atoms with Crippen LogP contribution < -0.4 is 0 Å². The minimum absolute atomic E-state index is 0.00940. The number of nitrogens with zero attached hydrogens (tertiary/aromatic N) is 6. The molecule has 5 rings (SSSR count). The van der Waals surface area contributed by atoms with Gasteiger partial charge in [-0.2, -0.15) is 10.5 Å². The Hall–Kier alpha value is -4.33. The summed E-state index contributed by atoms with van der Waals surface area (Å²) in [4.78, 5) is 22.0. The number of likely N-dealkylation sites (N-methyl/N-ethyl adjacent to an activating group) is 1. The fourth-order valence-corrected chi connectivity index (χ4v) is 6.06. The highest BCUT2D eigenvalue weighted by Gasteiger charge is 2.29. The number of carbonyl (C=O) groups is 1. The maximum atomic E-state index is 13.4. The summed E-state index contributed by atoms with van der Waals surface area (Å²) in [5.74, 6) is 0.670. The van der Waals surface area contributed by atoms with Crippen molar-refractivity contribution in [3.8, 4) is 12.1 Å². The molecule has 210 valence electrons. The van der Waals surface area contributed by atoms with Gasteiger partial charge in [0, 0.05) is 51.4 Å². The van der Waals surface area contributed by atoms with E-state index >= 15 is 0 Å². The van der Waals surface area contributed by atoms with Crippen molar-refractivity contribution in [2.24, 2.45) is 0 Å². The number of hydrogen-bond donors (Lipinski definition) is 0. The number of nitriles is 2. The van der Waals surface area contributed by atoms with Gasteiger partial charge in [-0.3, -0.25) is 9.69 Å². The normalized spacial score (nSPS) is 15.5. The highest BCUT2D eigenvalue weighted by atomic mass is 16.2. The second-order valence-corrected chi connectivity index (χ2v) is 10.9.